The Hall–Kier alpha value is -5.80. The average Bonchev–Trinajstić information content (AvgIpc) is 3.22. The van der Waals surface area contributed by atoms with Crippen LogP contribution in [0.15, 0.2) is 126 Å². The van der Waals surface area contributed by atoms with Crippen LogP contribution in [-0.2, 0) is 37.9 Å². The molecule has 0 bridgehead atoms. The zero-order valence-corrected chi connectivity index (χ0v) is 29.2. The second-order valence-corrected chi connectivity index (χ2v) is 11.7. The van der Waals surface area contributed by atoms with E-state index in [2.05, 4.69) is 5.11 Å². The van der Waals surface area contributed by atoms with Gasteiger partial charge in [0, 0.05) is 6.54 Å². The zero-order chi connectivity index (χ0) is 38.0. The van der Waals surface area contributed by atoms with E-state index in [4.69, 9.17) is 43.4 Å². The molecule has 4 aromatic rings. The van der Waals surface area contributed by atoms with Crippen LogP contribution in [-0.4, -0.2) is 101 Å². The minimum atomic E-state index is -1.54. The fourth-order valence-corrected chi connectivity index (χ4v) is 5.31. The molecule has 14 heteroatoms. The fraction of sp³-hybridized carbons (Fsp3) is 0.300. The first-order valence-electron chi connectivity index (χ1n) is 17.2. The molecule has 1 aliphatic rings. The number of carbonyl (C=O) groups is 4. The molecule has 1 heterocycles. The van der Waals surface area contributed by atoms with E-state index in [9.17, 15) is 19.2 Å². The van der Waals surface area contributed by atoms with Gasteiger partial charge < -0.3 is 48.5 Å². The highest BCUT2D eigenvalue weighted by Crippen LogP contribution is 2.32. The van der Waals surface area contributed by atoms with Gasteiger partial charge in [0.05, 0.1) is 55.3 Å². The van der Waals surface area contributed by atoms with E-state index in [1.54, 1.807) is 84.9 Å². The van der Waals surface area contributed by atoms with Gasteiger partial charge in [-0.1, -0.05) is 72.8 Å². The van der Waals surface area contributed by atoms with E-state index in [1.807, 2.05) is 0 Å². The molecule has 2 unspecified atom stereocenters. The lowest BCUT2D eigenvalue weighted by Crippen LogP contribution is -2.63. The molecule has 1 fully saturated rings. The van der Waals surface area contributed by atoms with Gasteiger partial charge in [0.1, 0.15) is 12.7 Å². The van der Waals surface area contributed by atoms with Crippen LogP contribution in [0, 0.1) is 0 Å². The Balaban J connectivity index is 1.46. The van der Waals surface area contributed by atoms with Crippen LogP contribution in [0.4, 0.5) is 0 Å². The van der Waals surface area contributed by atoms with Crippen molar-refractivity contribution in [2.45, 2.75) is 30.7 Å². The van der Waals surface area contributed by atoms with Gasteiger partial charge in [-0.05, 0) is 48.5 Å². The lowest BCUT2D eigenvalue weighted by atomic mass is 9.97. The van der Waals surface area contributed by atoms with Crippen LogP contribution < -0.4 is 0 Å². The second kappa shape index (κ2) is 21.0. The van der Waals surface area contributed by atoms with Crippen molar-refractivity contribution in [3.05, 3.63) is 149 Å². The van der Waals surface area contributed by atoms with Crippen molar-refractivity contribution < 1.29 is 57.1 Å². The molecule has 0 radical (unpaired) electrons. The zero-order valence-electron chi connectivity index (χ0n) is 29.2. The van der Waals surface area contributed by atoms with Gasteiger partial charge in [-0.15, -0.1) is 0 Å². The number of esters is 4. The Morgan fingerprint density at radius 2 is 0.926 bits per heavy atom. The van der Waals surface area contributed by atoms with Gasteiger partial charge in [-0.3, -0.25) is 0 Å². The summed E-state index contributed by atoms with van der Waals surface area (Å²) in [5, 5.41) is 2.98. The normalized spacial score (nSPS) is 19.2. The summed E-state index contributed by atoms with van der Waals surface area (Å²) in [4.78, 5) is 53.9. The Kier molecular flexibility index (Phi) is 15.4. The third-order valence-corrected chi connectivity index (χ3v) is 7.95. The van der Waals surface area contributed by atoms with E-state index in [-0.39, 0.29) is 61.8 Å². The van der Waals surface area contributed by atoms with Crippen LogP contribution in [0.2, 0.25) is 0 Å². The molecule has 14 nitrogen and oxygen atoms in total. The van der Waals surface area contributed by atoms with Gasteiger partial charge in [0.25, 0.3) is 0 Å². The summed E-state index contributed by atoms with van der Waals surface area (Å²) in [6.07, 6.45) is -7.26. The summed E-state index contributed by atoms with van der Waals surface area (Å²) in [5.74, 6) is -3.12. The summed E-state index contributed by atoms with van der Waals surface area (Å²) >= 11 is 0. The molecule has 282 valence electrons. The predicted molar refractivity (Wildman–Crippen MR) is 191 cm³/mol. The van der Waals surface area contributed by atoms with Crippen molar-refractivity contribution in [1.82, 2.24) is 0 Å². The van der Waals surface area contributed by atoms with Crippen molar-refractivity contribution in [2.75, 3.05) is 46.2 Å². The largest absolute Gasteiger partial charge is 0.712 e. The monoisotopic (exact) mass is 739 g/mol. The van der Waals surface area contributed by atoms with Gasteiger partial charge in [0.15, 0.2) is 24.6 Å². The average molecular weight is 740 g/mol. The van der Waals surface area contributed by atoms with Gasteiger partial charge in [0.2, 0.25) is 0 Å². The number of rotatable bonds is 19. The maximum atomic E-state index is 13.7. The molecular formula is C40H39N2O12-. The third-order valence-electron chi connectivity index (χ3n) is 7.95. The van der Waals surface area contributed by atoms with Crippen LogP contribution in [0.5, 0.6) is 0 Å². The van der Waals surface area contributed by atoms with Crippen molar-refractivity contribution in [3.8, 4) is 0 Å². The van der Waals surface area contributed by atoms with Crippen LogP contribution in [0.1, 0.15) is 41.4 Å². The number of nitrogens with zero attached hydrogens (tertiary/aromatic N) is 2. The quantitative estimate of drug-likeness (QED) is 0.0525. The topological polar surface area (TPSA) is 177 Å². The number of hydrogen-bond donors (Lipinski definition) is 0. The predicted octanol–water partition coefficient (Wildman–Crippen LogP) is 5.32. The second-order valence-electron chi connectivity index (χ2n) is 11.7. The summed E-state index contributed by atoms with van der Waals surface area (Å²) < 4.78 is 46.9. The van der Waals surface area contributed by atoms with Crippen molar-refractivity contribution >= 4 is 23.9 Å². The fourth-order valence-electron chi connectivity index (χ4n) is 5.31. The van der Waals surface area contributed by atoms with E-state index < -0.39 is 61.2 Å². The molecule has 0 aromatic heterocycles. The molecule has 0 amide bonds. The molecule has 1 saturated heterocycles. The molecule has 0 saturated carbocycles. The smallest absolute Gasteiger partial charge is 0.338 e. The summed E-state index contributed by atoms with van der Waals surface area (Å²) in [6, 6.07) is 32.5. The molecule has 1 aliphatic heterocycles. The van der Waals surface area contributed by atoms with Crippen LogP contribution in [0.25, 0.3) is 5.53 Å². The molecule has 0 spiro atoms. The Morgan fingerprint density at radius 3 is 1.41 bits per heavy atom. The highest BCUT2D eigenvalue weighted by atomic mass is 16.7. The minimum absolute atomic E-state index is 0.0432. The van der Waals surface area contributed by atoms with Crippen molar-refractivity contribution in [2.24, 2.45) is 5.11 Å². The lowest BCUT2D eigenvalue weighted by molar-refractivity contribution is -0.299. The highest BCUT2D eigenvalue weighted by Gasteiger charge is 2.53. The third kappa shape index (κ3) is 11.6. The summed E-state index contributed by atoms with van der Waals surface area (Å²) in [7, 11) is 0. The number of carbonyl (C=O) groups excluding carboxylic acids is 4. The number of hydrogen-bond acceptors (Lipinski definition) is 13. The highest BCUT2D eigenvalue weighted by molar-refractivity contribution is 5.91. The van der Waals surface area contributed by atoms with Crippen molar-refractivity contribution in [3.63, 3.8) is 0 Å². The Labute approximate surface area is 311 Å². The molecule has 0 aliphatic carbocycles. The van der Waals surface area contributed by atoms with E-state index in [0.29, 0.717) is 0 Å². The minimum Gasteiger partial charge on any atom is -0.712 e. The Morgan fingerprint density at radius 1 is 0.519 bits per heavy atom. The van der Waals surface area contributed by atoms with Gasteiger partial charge in [-0.25, -0.2) is 19.2 Å². The van der Waals surface area contributed by atoms with Gasteiger partial charge in [-0.2, -0.15) is 0 Å². The maximum absolute atomic E-state index is 13.7. The van der Waals surface area contributed by atoms with Gasteiger partial charge >= 0.3 is 23.9 Å². The molecule has 54 heavy (non-hydrogen) atoms. The number of ether oxygens (including phenoxy) is 8. The molecule has 0 N–H and O–H groups in total. The van der Waals surface area contributed by atoms with Crippen molar-refractivity contribution in [1.29, 1.82) is 0 Å². The SMILES string of the molecule is [N-]=NCCOCCOCCO[C@H]1OC(COC(=O)c2ccccc2)[C@H](OC(=O)c2ccccc2)[C@H](OC(=O)c2ccccc2)C1OC(=O)c1ccccc1. The first-order chi connectivity index (χ1) is 26.4. The molecule has 5 atom stereocenters. The van der Waals surface area contributed by atoms with Crippen LogP contribution in [0.3, 0.4) is 0 Å². The standard InChI is InChI=1S/C40H39N2O12/c41-42-21-22-47-23-24-48-25-26-49-40-35(54-39(46)31-19-11-4-12-20-31)34(53-38(45)30-17-9-3-10-18-30)33(52-37(44)29-15-7-2-8-16-29)32(51-40)27-50-36(43)28-13-5-1-6-14-28/h1-20,32-35,40H,21-27H2/q-1/t32?,33-,34-,35?,40-/m0/s1. The lowest BCUT2D eigenvalue weighted by Gasteiger charge is -2.44. The summed E-state index contributed by atoms with van der Waals surface area (Å²) in [5.41, 5.74) is 9.32. The molecular weight excluding hydrogens is 700 g/mol. The molecule has 4 aromatic carbocycles. The maximum Gasteiger partial charge on any atom is 0.338 e. The summed E-state index contributed by atoms with van der Waals surface area (Å²) in [6.45, 7) is 0.239. The molecule has 5 rings (SSSR count). The van der Waals surface area contributed by atoms with E-state index in [0.717, 1.165) is 0 Å². The Bertz CT molecular complexity index is 1780. The van der Waals surface area contributed by atoms with Crippen LogP contribution >= 0.6 is 0 Å². The van der Waals surface area contributed by atoms with E-state index >= 15 is 0 Å². The first-order valence-corrected chi connectivity index (χ1v) is 17.2. The van der Waals surface area contributed by atoms with E-state index in [1.165, 1.54) is 36.4 Å². The number of benzene rings is 4. The first kappa shape index (κ1) is 39.4.